The highest BCUT2D eigenvalue weighted by atomic mass is 32.2. The first-order valence-electron chi connectivity index (χ1n) is 8.51. The molecule has 1 aromatic rings. The molecule has 2 heterocycles. The molecule has 1 atom stereocenters. The van der Waals surface area contributed by atoms with E-state index in [0.717, 1.165) is 17.8 Å². The summed E-state index contributed by atoms with van der Waals surface area (Å²) in [4.78, 5) is 2.60. The van der Waals surface area contributed by atoms with Crippen LogP contribution >= 0.6 is 11.8 Å². The van der Waals surface area contributed by atoms with Gasteiger partial charge < -0.3 is 5.32 Å². The van der Waals surface area contributed by atoms with Crippen LogP contribution in [0.1, 0.15) is 37.7 Å². The van der Waals surface area contributed by atoms with Gasteiger partial charge in [0.1, 0.15) is 0 Å². The molecular weight excluding hydrogens is 276 g/mol. The van der Waals surface area contributed by atoms with E-state index in [-0.39, 0.29) is 0 Å². The molecule has 2 aliphatic heterocycles. The Kier molecular flexibility index (Phi) is 6.02. The van der Waals surface area contributed by atoms with Crippen molar-refractivity contribution >= 4 is 11.8 Å². The molecule has 0 radical (unpaired) electrons. The third-order valence-electron chi connectivity index (χ3n) is 4.74. The topological polar surface area (TPSA) is 15.3 Å². The predicted octanol–water partition coefficient (Wildman–Crippen LogP) is 3.53. The highest BCUT2D eigenvalue weighted by molar-refractivity contribution is 7.99. The Labute approximate surface area is 133 Å². The van der Waals surface area contributed by atoms with Crippen LogP contribution in [0.25, 0.3) is 0 Å². The van der Waals surface area contributed by atoms with Crippen molar-refractivity contribution in [2.75, 3.05) is 25.4 Å². The predicted molar refractivity (Wildman–Crippen MR) is 92.8 cm³/mol. The average Bonchev–Trinajstić information content (AvgIpc) is 2.56. The molecule has 21 heavy (non-hydrogen) atoms. The van der Waals surface area contributed by atoms with Crippen molar-refractivity contribution in [3.63, 3.8) is 0 Å². The summed E-state index contributed by atoms with van der Waals surface area (Å²) in [6.07, 6.45) is 6.91. The van der Waals surface area contributed by atoms with Crippen molar-refractivity contribution in [1.82, 2.24) is 10.2 Å². The molecule has 1 unspecified atom stereocenters. The van der Waals surface area contributed by atoms with Gasteiger partial charge >= 0.3 is 0 Å². The number of piperidine rings is 1. The van der Waals surface area contributed by atoms with E-state index in [1.165, 1.54) is 63.1 Å². The number of benzene rings is 1. The summed E-state index contributed by atoms with van der Waals surface area (Å²) in [7, 11) is 0. The molecule has 0 bridgehead atoms. The highest BCUT2D eigenvalue weighted by Crippen LogP contribution is 2.24. The average molecular weight is 305 g/mol. The summed E-state index contributed by atoms with van der Waals surface area (Å²) < 4.78 is 0. The van der Waals surface area contributed by atoms with E-state index in [4.69, 9.17) is 0 Å². The second-order valence-corrected chi connectivity index (χ2v) is 7.84. The zero-order valence-electron chi connectivity index (χ0n) is 13.0. The molecule has 2 fully saturated rings. The number of likely N-dealkylation sites (tertiary alicyclic amines) is 1. The van der Waals surface area contributed by atoms with Crippen LogP contribution in [0.4, 0.5) is 0 Å². The SMILES string of the molecule is c1ccc(CN2CCC(NCC3CCCCS3)CC2)cc1. The first-order chi connectivity index (χ1) is 10.4. The molecule has 1 aromatic carbocycles. The second-order valence-electron chi connectivity index (χ2n) is 6.43. The molecule has 0 aliphatic carbocycles. The Bertz CT molecular complexity index is 395. The lowest BCUT2D eigenvalue weighted by atomic mass is 10.0. The zero-order chi connectivity index (χ0) is 14.3. The molecule has 0 aromatic heterocycles. The lowest BCUT2D eigenvalue weighted by molar-refractivity contribution is 0.190. The van der Waals surface area contributed by atoms with E-state index in [2.05, 4.69) is 52.3 Å². The van der Waals surface area contributed by atoms with E-state index >= 15 is 0 Å². The van der Waals surface area contributed by atoms with Gasteiger partial charge in [0.15, 0.2) is 0 Å². The fourth-order valence-corrected chi connectivity index (χ4v) is 4.65. The third kappa shape index (κ3) is 5.01. The number of hydrogen-bond acceptors (Lipinski definition) is 3. The number of hydrogen-bond donors (Lipinski definition) is 1. The summed E-state index contributed by atoms with van der Waals surface area (Å²) in [6.45, 7) is 4.83. The first-order valence-corrected chi connectivity index (χ1v) is 9.56. The first kappa shape index (κ1) is 15.4. The highest BCUT2D eigenvalue weighted by Gasteiger charge is 2.20. The molecule has 2 aliphatic rings. The van der Waals surface area contributed by atoms with Crippen LogP contribution in [0, 0.1) is 0 Å². The van der Waals surface area contributed by atoms with Crippen molar-refractivity contribution in [2.24, 2.45) is 0 Å². The van der Waals surface area contributed by atoms with Gasteiger partial charge in [-0.05, 0) is 50.1 Å². The van der Waals surface area contributed by atoms with Gasteiger partial charge in [-0.15, -0.1) is 0 Å². The van der Waals surface area contributed by atoms with E-state index in [1.54, 1.807) is 0 Å². The Morgan fingerprint density at radius 2 is 1.86 bits per heavy atom. The van der Waals surface area contributed by atoms with Gasteiger partial charge in [0, 0.05) is 24.4 Å². The summed E-state index contributed by atoms with van der Waals surface area (Å²) in [5, 5.41) is 4.70. The molecule has 1 N–H and O–H groups in total. The zero-order valence-corrected chi connectivity index (χ0v) is 13.8. The van der Waals surface area contributed by atoms with Crippen molar-refractivity contribution in [3.8, 4) is 0 Å². The molecule has 0 spiro atoms. The van der Waals surface area contributed by atoms with Crippen LogP contribution in [0.3, 0.4) is 0 Å². The maximum Gasteiger partial charge on any atom is 0.0233 e. The van der Waals surface area contributed by atoms with Gasteiger partial charge in [-0.25, -0.2) is 0 Å². The van der Waals surface area contributed by atoms with Crippen LogP contribution in [0.5, 0.6) is 0 Å². The minimum absolute atomic E-state index is 0.750. The minimum Gasteiger partial charge on any atom is -0.313 e. The molecule has 3 heteroatoms. The van der Waals surface area contributed by atoms with E-state index in [1.807, 2.05) is 0 Å². The largest absolute Gasteiger partial charge is 0.313 e. The van der Waals surface area contributed by atoms with Crippen LogP contribution in [0.15, 0.2) is 30.3 Å². The number of thioether (sulfide) groups is 1. The van der Waals surface area contributed by atoms with Crippen molar-refractivity contribution in [2.45, 2.75) is 49.9 Å². The minimum atomic E-state index is 0.750. The standard InChI is InChI=1S/C18H28N2S/c1-2-6-16(7-3-1)15-20-11-9-17(10-12-20)19-14-18-8-4-5-13-21-18/h1-3,6-7,17-19H,4-5,8-15H2. The molecule has 0 saturated carbocycles. The van der Waals surface area contributed by atoms with Crippen molar-refractivity contribution in [1.29, 1.82) is 0 Å². The Hall–Kier alpha value is -0.510. The molecule has 3 rings (SSSR count). The summed E-state index contributed by atoms with van der Waals surface area (Å²) in [5.74, 6) is 1.38. The Morgan fingerprint density at radius 3 is 2.57 bits per heavy atom. The lowest BCUT2D eigenvalue weighted by Gasteiger charge is -2.33. The van der Waals surface area contributed by atoms with Crippen LogP contribution in [-0.2, 0) is 6.54 Å². The van der Waals surface area contributed by atoms with Gasteiger partial charge in [0.25, 0.3) is 0 Å². The molecule has 2 saturated heterocycles. The third-order valence-corrected chi connectivity index (χ3v) is 6.14. The fraction of sp³-hybridized carbons (Fsp3) is 0.667. The molecule has 2 nitrogen and oxygen atoms in total. The monoisotopic (exact) mass is 304 g/mol. The molecule has 0 amide bonds. The molecular formula is C18H28N2S. The summed E-state index contributed by atoms with van der Waals surface area (Å²) in [5.41, 5.74) is 1.45. The number of rotatable bonds is 5. The lowest BCUT2D eigenvalue weighted by Crippen LogP contribution is -2.44. The van der Waals surface area contributed by atoms with Gasteiger partial charge in [-0.2, -0.15) is 11.8 Å². The van der Waals surface area contributed by atoms with Gasteiger partial charge in [0.05, 0.1) is 0 Å². The normalized spacial score (nSPS) is 25.0. The maximum atomic E-state index is 3.83. The number of nitrogens with zero attached hydrogens (tertiary/aromatic N) is 1. The quantitative estimate of drug-likeness (QED) is 0.896. The second kappa shape index (κ2) is 8.21. The van der Waals surface area contributed by atoms with Gasteiger partial charge in [-0.3, -0.25) is 4.90 Å². The van der Waals surface area contributed by atoms with Crippen molar-refractivity contribution in [3.05, 3.63) is 35.9 Å². The van der Waals surface area contributed by atoms with Crippen LogP contribution < -0.4 is 5.32 Å². The smallest absolute Gasteiger partial charge is 0.0233 e. The van der Waals surface area contributed by atoms with E-state index in [9.17, 15) is 0 Å². The summed E-state index contributed by atoms with van der Waals surface area (Å²) in [6, 6.07) is 11.6. The van der Waals surface area contributed by atoms with Crippen molar-refractivity contribution < 1.29 is 0 Å². The van der Waals surface area contributed by atoms with Crippen LogP contribution in [0.2, 0.25) is 0 Å². The Morgan fingerprint density at radius 1 is 1.05 bits per heavy atom. The van der Waals surface area contributed by atoms with Gasteiger partial charge in [0.2, 0.25) is 0 Å². The number of nitrogens with one attached hydrogen (secondary N) is 1. The Balaban J connectivity index is 1.35. The fourth-order valence-electron chi connectivity index (χ4n) is 3.40. The summed E-state index contributed by atoms with van der Waals surface area (Å²) >= 11 is 2.18. The van der Waals surface area contributed by atoms with E-state index in [0.29, 0.717) is 0 Å². The maximum absolute atomic E-state index is 3.83. The van der Waals surface area contributed by atoms with Crippen LogP contribution in [-0.4, -0.2) is 41.6 Å². The van der Waals surface area contributed by atoms with E-state index < -0.39 is 0 Å². The molecule has 116 valence electrons. The van der Waals surface area contributed by atoms with Gasteiger partial charge in [-0.1, -0.05) is 36.8 Å².